The molecule has 1 heterocycles. The molecule has 2 aliphatic rings. The SMILES string of the molecule is CC1(C2CC2)NC(=O)CN(Cc2ccccc2Br)C1=O. The lowest BCUT2D eigenvalue weighted by molar-refractivity contribution is -0.150. The summed E-state index contributed by atoms with van der Waals surface area (Å²) >= 11 is 3.49. The quantitative estimate of drug-likeness (QED) is 0.918. The number of halogens is 1. The summed E-state index contributed by atoms with van der Waals surface area (Å²) in [5.41, 5.74) is 0.310. The topological polar surface area (TPSA) is 49.4 Å². The molecule has 1 unspecified atom stereocenters. The molecule has 1 aliphatic heterocycles. The van der Waals surface area contributed by atoms with Gasteiger partial charge in [-0.1, -0.05) is 34.1 Å². The van der Waals surface area contributed by atoms with Gasteiger partial charge < -0.3 is 10.2 Å². The first-order valence-electron chi connectivity index (χ1n) is 6.84. The standard InChI is InChI=1S/C15H17BrN2O2/c1-15(11-6-7-11)14(20)18(9-13(19)17-15)8-10-4-2-3-5-12(10)16/h2-5,11H,6-9H2,1H3,(H,17,19). The average Bonchev–Trinajstić information content (AvgIpc) is 3.22. The Balaban J connectivity index is 1.84. The molecular weight excluding hydrogens is 320 g/mol. The van der Waals surface area contributed by atoms with E-state index in [1.807, 2.05) is 31.2 Å². The van der Waals surface area contributed by atoms with Crippen molar-refractivity contribution in [1.82, 2.24) is 10.2 Å². The van der Waals surface area contributed by atoms with Crippen LogP contribution < -0.4 is 5.32 Å². The summed E-state index contributed by atoms with van der Waals surface area (Å²) in [6.45, 7) is 2.47. The Morgan fingerprint density at radius 2 is 2.05 bits per heavy atom. The van der Waals surface area contributed by atoms with Crippen LogP contribution in [0.2, 0.25) is 0 Å². The van der Waals surface area contributed by atoms with Crippen LogP contribution >= 0.6 is 15.9 Å². The van der Waals surface area contributed by atoms with E-state index in [0.717, 1.165) is 22.9 Å². The molecular formula is C15H17BrN2O2. The van der Waals surface area contributed by atoms with Gasteiger partial charge in [-0.2, -0.15) is 0 Å². The third-order valence-corrected chi connectivity index (χ3v) is 4.95. The summed E-state index contributed by atoms with van der Waals surface area (Å²) in [4.78, 5) is 26.3. The molecule has 1 N–H and O–H groups in total. The zero-order valence-electron chi connectivity index (χ0n) is 11.4. The van der Waals surface area contributed by atoms with Crippen LogP contribution in [0.3, 0.4) is 0 Å². The van der Waals surface area contributed by atoms with Gasteiger partial charge in [0.15, 0.2) is 0 Å². The first-order chi connectivity index (χ1) is 9.50. The molecule has 0 radical (unpaired) electrons. The van der Waals surface area contributed by atoms with E-state index >= 15 is 0 Å². The van der Waals surface area contributed by atoms with Gasteiger partial charge in [-0.05, 0) is 37.3 Å². The van der Waals surface area contributed by atoms with E-state index in [1.54, 1.807) is 4.90 Å². The molecule has 0 bridgehead atoms. The Morgan fingerprint density at radius 3 is 2.70 bits per heavy atom. The number of piperazine rings is 1. The van der Waals surface area contributed by atoms with Crippen LogP contribution in [0.15, 0.2) is 28.7 Å². The van der Waals surface area contributed by atoms with E-state index in [2.05, 4.69) is 21.2 Å². The molecule has 106 valence electrons. The van der Waals surface area contributed by atoms with Gasteiger partial charge in [0.05, 0.1) is 6.54 Å². The largest absolute Gasteiger partial charge is 0.340 e. The van der Waals surface area contributed by atoms with E-state index in [9.17, 15) is 9.59 Å². The lowest BCUT2D eigenvalue weighted by Gasteiger charge is -2.40. The summed E-state index contributed by atoms with van der Waals surface area (Å²) in [6, 6.07) is 7.80. The van der Waals surface area contributed by atoms with Crippen molar-refractivity contribution in [2.45, 2.75) is 31.8 Å². The number of hydrogen-bond acceptors (Lipinski definition) is 2. The number of nitrogens with zero attached hydrogens (tertiary/aromatic N) is 1. The fourth-order valence-electron chi connectivity index (χ4n) is 2.85. The minimum absolute atomic E-state index is 0.0374. The lowest BCUT2D eigenvalue weighted by atomic mass is 9.91. The van der Waals surface area contributed by atoms with Crippen molar-refractivity contribution >= 4 is 27.7 Å². The Bertz CT molecular complexity index is 571. The average molecular weight is 337 g/mol. The maximum absolute atomic E-state index is 12.7. The predicted molar refractivity (Wildman–Crippen MR) is 78.8 cm³/mol. The maximum Gasteiger partial charge on any atom is 0.249 e. The van der Waals surface area contributed by atoms with Gasteiger partial charge in [0.2, 0.25) is 11.8 Å². The molecule has 20 heavy (non-hydrogen) atoms. The van der Waals surface area contributed by atoms with Crippen molar-refractivity contribution in [2.75, 3.05) is 6.54 Å². The number of hydrogen-bond donors (Lipinski definition) is 1. The van der Waals surface area contributed by atoms with Crippen molar-refractivity contribution in [3.8, 4) is 0 Å². The first kappa shape index (κ1) is 13.6. The molecule has 0 aromatic heterocycles. The van der Waals surface area contributed by atoms with E-state index in [-0.39, 0.29) is 18.4 Å². The molecule has 2 amide bonds. The highest BCUT2D eigenvalue weighted by molar-refractivity contribution is 9.10. The zero-order chi connectivity index (χ0) is 14.3. The molecule has 1 aromatic rings. The summed E-state index contributed by atoms with van der Waals surface area (Å²) in [6.07, 6.45) is 2.04. The van der Waals surface area contributed by atoms with Gasteiger partial charge in [0.25, 0.3) is 0 Å². The summed E-state index contributed by atoms with van der Waals surface area (Å²) in [7, 11) is 0. The second-order valence-electron chi connectivity index (χ2n) is 5.78. The minimum Gasteiger partial charge on any atom is -0.340 e. The molecule has 0 spiro atoms. The fraction of sp³-hybridized carbons (Fsp3) is 0.467. The van der Waals surface area contributed by atoms with Crippen LogP contribution in [-0.4, -0.2) is 28.8 Å². The molecule has 1 aromatic carbocycles. The highest BCUT2D eigenvalue weighted by Gasteiger charge is 2.52. The van der Waals surface area contributed by atoms with E-state index in [1.165, 1.54) is 0 Å². The van der Waals surface area contributed by atoms with Crippen molar-refractivity contribution in [1.29, 1.82) is 0 Å². The predicted octanol–water partition coefficient (Wildman–Crippen LogP) is 2.08. The van der Waals surface area contributed by atoms with Crippen molar-refractivity contribution in [3.63, 3.8) is 0 Å². The van der Waals surface area contributed by atoms with Gasteiger partial charge in [0, 0.05) is 11.0 Å². The minimum atomic E-state index is -0.712. The van der Waals surface area contributed by atoms with Gasteiger partial charge in [-0.25, -0.2) is 0 Å². The molecule has 1 aliphatic carbocycles. The van der Waals surface area contributed by atoms with Crippen LogP contribution in [-0.2, 0) is 16.1 Å². The van der Waals surface area contributed by atoms with Crippen LogP contribution in [0.25, 0.3) is 0 Å². The smallest absolute Gasteiger partial charge is 0.249 e. The highest BCUT2D eigenvalue weighted by atomic mass is 79.9. The van der Waals surface area contributed by atoms with Gasteiger partial charge >= 0.3 is 0 Å². The van der Waals surface area contributed by atoms with Crippen molar-refractivity contribution < 1.29 is 9.59 Å². The Hall–Kier alpha value is -1.36. The third-order valence-electron chi connectivity index (χ3n) is 4.18. The monoisotopic (exact) mass is 336 g/mol. The molecule has 1 atom stereocenters. The Labute approximate surface area is 126 Å². The summed E-state index contributed by atoms with van der Waals surface area (Å²) < 4.78 is 0.965. The molecule has 5 heteroatoms. The zero-order valence-corrected chi connectivity index (χ0v) is 12.9. The number of nitrogens with one attached hydrogen (secondary N) is 1. The molecule has 1 saturated heterocycles. The van der Waals surface area contributed by atoms with Crippen LogP contribution in [0.1, 0.15) is 25.3 Å². The lowest BCUT2D eigenvalue weighted by Crippen LogP contribution is -2.66. The maximum atomic E-state index is 12.7. The summed E-state index contributed by atoms with van der Waals surface area (Å²) in [5.74, 6) is 0.266. The number of amides is 2. The van der Waals surface area contributed by atoms with E-state index in [0.29, 0.717) is 12.5 Å². The number of carbonyl (C=O) groups excluding carboxylic acids is 2. The molecule has 4 nitrogen and oxygen atoms in total. The highest BCUT2D eigenvalue weighted by Crippen LogP contribution is 2.41. The Morgan fingerprint density at radius 1 is 1.35 bits per heavy atom. The number of benzene rings is 1. The van der Waals surface area contributed by atoms with Gasteiger partial charge in [-0.15, -0.1) is 0 Å². The molecule has 2 fully saturated rings. The van der Waals surface area contributed by atoms with Crippen molar-refractivity contribution in [3.05, 3.63) is 34.3 Å². The number of carbonyl (C=O) groups is 2. The van der Waals surface area contributed by atoms with E-state index in [4.69, 9.17) is 0 Å². The Kier molecular flexibility index (Phi) is 3.32. The second kappa shape index (κ2) is 4.88. The fourth-order valence-corrected chi connectivity index (χ4v) is 3.26. The van der Waals surface area contributed by atoms with Crippen LogP contribution in [0.5, 0.6) is 0 Å². The normalized spacial score (nSPS) is 26.6. The third kappa shape index (κ3) is 2.35. The first-order valence-corrected chi connectivity index (χ1v) is 7.64. The number of rotatable bonds is 3. The molecule has 1 saturated carbocycles. The van der Waals surface area contributed by atoms with Crippen LogP contribution in [0.4, 0.5) is 0 Å². The van der Waals surface area contributed by atoms with Gasteiger partial charge in [-0.3, -0.25) is 9.59 Å². The second-order valence-corrected chi connectivity index (χ2v) is 6.63. The van der Waals surface area contributed by atoms with Gasteiger partial charge in [0.1, 0.15) is 5.54 Å². The molecule has 3 rings (SSSR count). The summed E-state index contributed by atoms with van der Waals surface area (Å²) in [5, 5.41) is 2.89. The van der Waals surface area contributed by atoms with Crippen molar-refractivity contribution in [2.24, 2.45) is 5.92 Å². The van der Waals surface area contributed by atoms with E-state index < -0.39 is 5.54 Å². The van der Waals surface area contributed by atoms with Crippen LogP contribution in [0, 0.1) is 5.92 Å².